The average molecular weight is 584 g/mol. The van der Waals surface area contributed by atoms with Gasteiger partial charge >= 0.3 is 5.97 Å². The number of nitrogens with one attached hydrogen (secondary N) is 4. The smallest absolute Gasteiger partial charge is 0.326 e. The maximum absolute atomic E-state index is 13.4. The minimum Gasteiger partial charge on any atom is -0.480 e. The second kappa shape index (κ2) is 18.2. The molecule has 14 nitrogen and oxygen atoms in total. The van der Waals surface area contributed by atoms with Crippen molar-refractivity contribution >= 4 is 35.5 Å². The van der Waals surface area contributed by atoms with Gasteiger partial charge in [-0.05, 0) is 56.9 Å². The predicted octanol–water partition coefficient (Wildman–Crippen LogP) is -1.19. The number of unbranched alkanes of at least 4 members (excludes halogenated alkanes) is 1. The average Bonchev–Trinajstić information content (AvgIpc) is 3.41. The minimum atomic E-state index is -1.17. The van der Waals surface area contributed by atoms with Gasteiger partial charge in [0.2, 0.25) is 29.5 Å². The highest BCUT2D eigenvalue weighted by Crippen LogP contribution is 2.20. The highest BCUT2D eigenvalue weighted by atomic mass is 16.4. The molecule has 41 heavy (non-hydrogen) atoms. The van der Waals surface area contributed by atoms with E-state index in [1.807, 2.05) is 13.8 Å². The number of hydrogen-bond acceptors (Lipinski definition) is 8. The summed E-state index contributed by atoms with van der Waals surface area (Å²) >= 11 is 0. The number of nitrogens with two attached hydrogens (primary N) is 2. The third-order valence-electron chi connectivity index (χ3n) is 7.13. The summed E-state index contributed by atoms with van der Waals surface area (Å²) in [5.74, 6) is -3.92. The Morgan fingerprint density at radius 1 is 0.976 bits per heavy atom. The molecule has 1 heterocycles. The van der Waals surface area contributed by atoms with E-state index in [1.54, 1.807) is 13.8 Å². The number of carbonyl (C=O) groups excluding carboxylic acids is 5. The molecule has 1 aliphatic heterocycles. The molecule has 0 aromatic carbocycles. The van der Waals surface area contributed by atoms with E-state index in [2.05, 4.69) is 21.3 Å². The minimum absolute atomic E-state index is 0.201. The number of hydrogen-bond donors (Lipinski definition) is 7. The van der Waals surface area contributed by atoms with Gasteiger partial charge in [-0.25, -0.2) is 4.79 Å². The lowest BCUT2D eigenvalue weighted by Crippen LogP contribution is -2.56. The summed E-state index contributed by atoms with van der Waals surface area (Å²) in [6.07, 6.45) is 3.61. The maximum atomic E-state index is 13.4. The fraction of sp³-hybridized carbons (Fsp3) is 0.778. The monoisotopic (exact) mass is 583 g/mol. The Hall–Kier alpha value is -3.26. The molecule has 1 fully saturated rings. The van der Waals surface area contributed by atoms with Crippen molar-refractivity contribution in [1.82, 2.24) is 26.2 Å². The van der Waals surface area contributed by atoms with Crippen LogP contribution >= 0.6 is 0 Å². The molecular weight excluding hydrogens is 534 g/mol. The first-order chi connectivity index (χ1) is 19.3. The largest absolute Gasteiger partial charge is 0.480 e. The van der Waals surface area contributed by atoms with Crippen LogP contribution in [0.3, 0.4) is 0 Å². The molecule has 9 N–H and O–H groups in total. The fourth-order valence-corrected chi connectivity index (χ4v) is 4.58. The van der Waals surface area contributed by atoms with Crippen molar-refractivity contribution in [3.05, 3.63) is 0 Å². The lowest BCUT2D eigenvalue weighted by atomic mass is 9.99. The Kier molecular flexibility index (Phi) is 15.9. The Labute approximate surface area is 242 Å². The Morgan fingerprint density at radius 3 is 2.22 bits per heavy atom. The first-order valence-electron chi connectivity index (χ1n) is 14.4. The molecule has 0 radical (unpaired) electrons. The van der Waals surface area contributed by atoms with E-state index < -0.39 is 66.9 Å². The highest BCUT2D eigenvalue weighted by Gasteiger charge is 2.38. The van der Waals surface area contributed by atoms with Gasteiger partial charge < -0.3 is 42.7 Å². The first-order valence-corrected chi connectivity index (χ1v) is 14.4. The van der Waals surface area contributed by atoms with Crippen LogP contribution in [0.25, 0.3) is 0 Å². The standard InChI is InChI=1S/C27H49N7O7/c1-5-17(4)23(27(40)41)33-22(36)15-30-21(35)14-31-25(38)20-10-8-12-34(20)26(39)19(9-6-7-11-28)32-24(37)18(29)13-16(2)3/h16-20,23H,5-15,28-29H2,1-4H3,(H,30,35)(H,31,38)(H,32,37)(H,33,36)(H,40,41). The van der Waals surface area contributed by atoms with Crippen molar-refractivity contribution in [3.63, 3.8) is 0 Å². The van der Waals surface area contributed by atoms with Crippen LogP contribution < -0.4 is 32.7 Å². The molecule has 14 heteroatoms. The van der Waals surface area contributed by atoms with E-state index >= 15 is 0 Å². The summed E-state index contributed by atoms with van der Waals surface area (Å²) in [5.41, 5.74) is 11.6. The summed E-state index contributed by atoms with van der Waals surface area (Å²) < 4.78 is 0. The van der Waals surface area contributed by atoms with Gasteiger partial charge in [0, 0.05) is 6.54 Å². The van der Waals surface area contributed by atoms with Crippen LogP contribution in [0.15, 0.2) is 0 Å². The molecular formula is C27H49N7O7. The number of amides is 5. The van der Waals surface area contributed by atoms with Gasteiger partial charge in [-0.15, -0.1) is 0 Å². The molecule has 234 valence electrons. The summed E-state index contributed by atoms with van der Waals surface area (Å²) in [6, 6.07) is -3.51. The lowest BCUT2D eigenvalue weighted by Gasteiger charge is -2.29. The zero-order valence-corrected chi connectivity index (χ0v) is 24.7. The van der Waals surface area contributed by atoms with Crippen molar-refractivity contribution in [2.75, 3.05) is 26.2 Å². The Morgan fingerprint density at radius 2 is 1.63 bits per heavy atom. The van der Waals surface area contributed by atoms with Crippen LogP contribution in [0, 0.1) is 11.8 Å². The van der Waals surface area contributed by atoms with Crippen molar-refractivity contribution in [2.24, 2.45) is 23.3 Å². The van der Waals surface area contributed by atoms with Gasteiger partial charge in [0.1, 0.15) is 18.1 Å². The molecule has 1 saturated heterocycles. The topological polar surface area (TPSA) is 226 Å². The molecule has 5 atom stereocenters. The molecule has 0 aliphatic carbocycles. The third kappa shape index (κ3) is 12.4. The van der Waals surface area contributed by atoms with Crippen LogP contribution in [0.1, 0.15) is 72.6 Å². The molecule has 0 bridgehead atoms. The Balaban J connectivity index is 2.71. The van der Waals surface area contributed by atoms with E-state index in [-0.39, 0.29) is 17.7 Å². The van der Waals surface area contributed by atoms with Gasteiger partial charge in [0.05, 0.1) is 19.1 Å². The SMILES string of the molecule is CCC(C)C(NC(=O)CNC(=O)CNC(=O)C1CCCN1C(=O)C(CCCCN)NC(=O)C(N)CC(C)C)C(=O)O. The van der Waals surface area contributed by atoms with Gasteiger partial charge in [-0.2, -0.15) is 0 Å². The van der Waals surface area contributed by atoms with Crippen LogP contribution in [0.2, 0.25) is 0 Å². The molecule has 0 saturated carbocycles. The van der Waals surface area contributed by atoms with E-state index in [9.17, 15) is 33.9 Å². The number of aliphatic carboxylic acids is 1. The number of carboxylic acid groups (broad SMARTS) is 1. The van der Waals surface area contributed by atoms with E-state index in [0.29, 0.717) is 58.0 Å². The van der Waals surface area contributed by atoms with Gasteiger partial charge in [0.25, 0.3) is 0 Å². The van der Waals surface area contributed by atoms with Crippen molar-refractivity contribution in [1.29, 1.82) is 0 Å². The highest BCUT2D eigenvalue weighted by molar-refractivity contribution is 5.95. The second-order valence-corrected chi connectivity index (χ2v) is 11.0. The fourth-order valence-electron chi connectivity index (χ4n) is 4.58. The third-order valence-corrected chi connectivity index (χ3v) is 7.13. The van der Waals surface area contributed by atoms with Gasteiger partial charge in [-0.3, -0.25) is 24.0 Å². The van der Waals surface area contributed by atoms with E-state index in [0.717, 1.165) is 0 Å². The van der Waals surface area contributed by atoms with Crippen molar-refractivity contribution in [2.45, 2.75) is 96.8 Å². The zero-order chi connectivity index (χ0) is 31.1. The van der Waals surface area contributed by atoms with Crippen molar-refractivity contribution < 1.29 is 33.9 Å². The van der Waals surface area contributed by atoms with Crippen LogP contribution in [0.4, 0.5) is 0 Å². The Bertz CT molecular complexity index is 914. The first kappa shape index (κ1) is 35.8. The zero-order valence-electron chi connectivity index (χ0n) is 24.7. The molecule has 0 aromatic heterocycles. The summed E-state index contributed by atoms with van der Waals surface area (Å²) in [7, 11) is 0. The van der Waals surface area contributed by atoms with Crippen LogP contribution in [0.5, 0.6) is 0 Å². The summed E-state index contributed by atoms with van der Waals surface area (Å²) in [6.45, 7) is 7.28. The van der Waals surface area contributed by atoms with Crippen LogP contribution in [-0.2, 0) is 28.8 Å². The number of carboxylic acids is 1. The van der Waals surface area contributed by atoms with E-state index in [4.69, 9.17) is 11.5 Å². The number of nitrogens with zero attached hydrogens (tertiary/aromatic N) is 1. The molecule has 0 aromatic rings. The molecule has 1 aliphatic rings. The summed E-state index contributed by atoms with van der Waals surface area (Å²) in [4.78, 5) is 76.2. The predicted molar refractivity (Wildman–Crippen MR) is 152 cm³/mol. The number of carbonyl (C=O) groups is 6. The maximum Gasteiger partial charge on any atom is 0.326 e. The van der Waals surface area contributed by atoms with Gasteiger partial charge in [0.15, 0.2) is 0 Å². The number of likely N-dealkylation sites (tertiary alicyclic amines) is 1. The second-order valence-electron chi connectivity index (χ2n) is 11.0. The number of rotatable bonds is 18. The van der Waals surface area contributed by atoms with E-state index in [1.165, 1.54) is 4.90 Å². The molecule has 1 rings (SSSR count). The van der Waals surface area contributed by atoms with Crippen molar-refractivity contribution in [3.8, 4) is 0 Å². The van der Waals surface area contributed by atoms with Gasteiger partial charge in [-0.1, -0.05) is 34.1 Å². The van der Waals surface area contributed by atoms with Crippen LogP contribution in [-0.4, -0.2) is 95.9 Å². The quantitative estimate of drug-likeness (QED) is 0.0962. The normalized spacial score (nSPS) is 17.7. The molecule has 5 unspecified atom stereocenters. The molecule has 0 spiro atoms. The lowest BCUT2D eigenvalue weighted by molar-refractivity contribution is -0.143. The summed E-state index contributed by atoms with van der Waals surface area (Å²) in [5, 5.41) is 19.3. The molecule has 5 amide bonds.